The first-order valence-corrected chi connectivity index (χ1v) is 4.23. The Balaban J connectivity index is 2.83. The number of carbonyl (C=O) groups is 1. The van der Waals surface area contributed by atoms with Crippen molar-refractivity contribution in [1.29, 1.82) is 0 Å². The first-order valence-electron chi connectivity index (χ1n) is 4.23. The number of carboxylic acid groups (broad SMARTS) is 1. The van der Waals surface area contributed by atoms with Crippen molar-refractivity contribution in [1.82, 2.24) is 4.98 Å². The van der Waals surface area contributed by atoms with E-state index in [4.69, 9.17) is 5.11 Å². The van der Waals surface area contributed by atoms with Crippen molar-refractivity contribution in [3.8, 4) is 0 Å². The van der Waals surface area contributed by atoms with Gasteiger partial charge in [-0.3, -0.25) is 9.78 Å². The maximum Gasteiger partial charge on any atom is 0.417 e. The molecule has 0 aliphatic rings. The molecule has 0 bridgehead atoms. The van der Waals surface area contributed by atoms with Crippen LogP contribution in [0.1, 0.15) is 23.8 Å². The number of halogens is 3. The molecule has 0 saturated carbocycles. The Kier molecular flexibility index (Phi) is 3.48. The number of rotatable bonds is 3. The van der Waals surface area contributed by atoms with Crippen molar-refractivity contribution in [2.24, 2.45) is 0 Å². The molecule has 0 fully saturated rings. The predicted octanol–water partition coefficient (Wildman–Crippen LogP) is 1.61. The van der Waals surface area contributed by atoms with E-state index in [0.29, 0.717) is 6.20 Å². The lowest BCUT2D eigenvalue weighted by molar-refractivity contribution is -0.140. The molecule has 4 nitrogen and oxygen atoms in total. The molecular weight excluding hydrogens is 227 g/mol. The third kappa shape index (κ3) is 3.20. The zero-order valence-electron chi connectivity index (χ0n) is 7.90. The predicted molar refractivity (Wildman–Crippen MR) is 46.5 cm³/mol. The summed E-state index contributed by atoms with van der Waals surface area (Å²) in [6.45, 7) is 0. The standard InChI is InChI=1S/C9H8F3NO3/c10-9(11,12)5-1-2-6(13-4-5)7(14)3-8(15)16/h1-2,4,7,14H,3H2,(H,15,16)/t7-/m1/s1. The minimum Gasteiger partial charge on any atom is -0.481 e. The highest BCUT2D eigenvalue weighted by atomic mass is 19.4. The molecule has 0 aliphatic carbocycles. The van der Waals surface area contributed by atoms with Gasteiger partial charge in [0.2, 0.25) is 0 Å². The summed E-state index contributed by atoms with van der Waals surface area (Å²) in [6.07, 6.45) is -5.94. The van der Waals surface area contributed by atoms with E-state index in [1.165, 1.54) is 0 Å². The molecule has 16 heavy (non-hydrogen) atoms. The molecule has 1 atom stereocenters. The Hall–Kier alpha value is -1.63. The highest BCUT2D eigenvalue weighted by molar-refractivity contribution is 5.67. The molecule has 0 spiro atoms. The van der Waals surface area contributed by atoms with Crippen molar-refractivity contribution >= 4 is 5.97 Å². The number of pyridine rings is 1. The molecule has 1 heterocycles. The SMILES string of the molecule is O=C(O)C[C@@H](O)c1ccc(C(F)(F)F)cn1. The minimum absolute atomic E-state index is 0.101. The van der Waals surface area contributed by atoms with E-state index in [2.05, 4.69) is 4.98 Å². The molecule has 0 saturated heterocycles. The summed E-state index contributed by atoms with van der Waals surface area (Å²) in [5, 5.41) is 17.6. The number of aliphatic hydroxyl groups is 1. The van der Waals surface area contributed by atoms with Gasteiger partial charge in [0.05, 0.1) is 17.7 Å². The van der Waals surface area contributed by atoms with Gasteiger partial charge in [-0.15, -0.1) is 0 Å². The molecule has 88 valence electrons. The fraction of sp³-hybridized carbons (Fsp3) is 0.333. The van der Waals surface area contributed by atoms with E-state index in [1.807, 2.05) is 0 Å². The number of carboxylic acids is 1. The van der Waals surface area contributed by atoms with E-state index in [9.17, 15) is 23.1 Å². The van der Waals surface area contributed by atoms with Gasteiger partial charge in [-0.05, 0) is 12.1 Å². The van der Waals surface area contributed by atoms with Gasteiger partial charge in [-0.2, -0.15) is 13.2 Å². The zero-order valence-corrected chi connectivity index (χ0v) is 7.90. The molecule has 0 aromatic carbocycles. The summed E-state index contributed by atoms with van der Waals surface area (Å²) in [5.41, 5.74) is -1.05. The summed E-state index contributed by atoms with van der Waals surface area (Å²) < 4.78 is 36.4. The Bertz CT molecular complexity index is 375. The fourth-order valence-corrected chi connectivity index (χ4v) is 1.04. The van der Waals surface area contributed by atoms with Crippen molar-refractivity contribution in [3.05, 3.63) is 29.6 Å². The van der Waals surface area contributed by atoms with Gasteiger partial charge in [-0.1, -0.05) is 0 Å². The fourth-order valence-electron chi connectivity index (χ4n) is 1.04. The van der Waals surface area contributed by atoms with Gasteiger partial charge in [0, 0.05) is 6.20 Å². The average Bonchev–Trinajstić information content (AvgIpc) is 2.15. The largest absolute Gasteiger partial charge is 0.481 e. The molecule has 7 heteroatoms. The zero-order chi connectivity index (χ0) is 12.3. The third-order valence-electron chi connectivity index (χ3n) is 1.82. The van der Waals surface area contributed by atoms with Crippen LogP contribution >= 0.6 is 0 Å². The summed E-state index contributed by atoms with van der Waals surface area (Å²) in [5.74, 6) is -1.26. The maximum atomic E-state index is 12.1. The van der Waals surface area contributed by atoms with Gasteiger partial charge >= 0.3 is 12.1 Å². The van der Waals surface area contributed by atoms with Gasteiger partial charge in [0.25, 0.3) is 0 Å². The number of aromatic nitrogens is 1. The van der Waals surface area contributed by atoms with Crippen LogP contribution in [0.15, 0.2) is 18.3 Å². The van der Waals surface area contributed by atoms with Crippen molar-refractivity contribution in [2.75, 3.05) is 0 Å². The number of nitrogens with zero attached hydrogens (tertiary/aromatic N) is 1. The van der Waals surface area contributed by atoms with Crippen LogP contribution in [-0.2, 0) is 11.0 Å². The summed E-state index contributed by atoms with van der Waals surface area (Å²) >= 11 is 0. The van der Waals surface area contributed by atoms with Crippen molar-refractivity contribution in [3.63, 3.8) is 0 Å². The van der Waals surface area contributed by atoms with Gasteiger partial charge < -0.3 is 10.2 Å². The second-order valence-corrected chi connectivity index (χ2v) is 3.08. The molecule has 1 aromatic rings. The first-order chi connectivity index (χ1) is 7.30. The first kappa shape index (κ1) is 12.4. The third-order valence-corrected chi connectivity index (χ3v) is 1.82. The lowest BCUT2D eigenvalue weighted by atomic mass is 10.1. The molecule has 1 rings (SSSR count). The van der Waals surface area contributed by atoms with E-state index in [0.717, 1.165) is 12.1 Å². The Morgan fingerprint density at radius 2 is 2.06 bits per heavy atom. The molecule has 1 aromatic heterocycles. The number of aliphatic carboxylic acids is 1. The number of alkyl halides is 3. The minimum atomic E-state index is -4.50. The molecule has 0 unspecified atom stereocenters. The van der Waals surface area contributed by atoms with Crippen LogP contribution in [0.5, 0.6) is 0 Å². The van der Waals surface area contributed by atoms with Crippen LogP contribution in [0.3, 0.4) is 0 Å². The van der Waals surface area contributed by atoms with Crippen LogP contribution in [0.25, 0.3) is 0 Å². The monoisotopic (exact) mass is 235 g/mol. The molecule has 0 amide bonds. The average molecular weight is 235 g/mol. The second kappa shape index (κ2) is 4.48. The van der Waals surface area contributed by atoms with Gasteiger partial charge in [0.1, 0.15) is 6.10 Å². The van der Waals surface area contributed by atoms with Crippen LogP contribution in [-0.4, -0.2) is 21.2 Å². The van der Waals surface area contributed by atoms with Crippen molar-refractivity contribution < 1.29 is 28.2 Å². The second-order valence-electron chi connectivity index (χ2n) is 3.08. The molecule has 2 N–H and O–H groups in total. The molecular formula is C9H8F3NO3. The van der Waals surface area contributed by atoms with E-state index < -0.39 is 30.2 Å². The number of hydrogen-bond acceptors (Lipinski definition) is 3. The smallest absolute Gasteiger partial charge is 0.417 e. The van der Waals surface area contributed by atoms with E-state index in [1.54, 1.807) is 0 Å². The van der Waals surface area contributed by atoms with E-state index >= 15 is 0 Å². The summed E-state index contributed by atoms with van der Waals surface area (Å²) in [6, 6.07) is 1.70. The van der Waals surface area contributed by atoms with Gasteiger partial charge in [0.15, 0.2) is 0 Å². The normalized spacial score (nSPS) is 13.5. The molecule has 0 aliphatic heterocycles. The van der Waals surface area contributed by atoms with Gasteiger partial charge in [-0.25, -0.2) is 0 Å². The molecule has 0 radical (unpaired) electrons. The Labute approximate surface area is 88.4 Å². The van der Waals surface area contributed by atoms with Crippen LogP contribution < -0.4 is 0 Å². The van der Waals surface area contributed by atoms with Crippen molar-refractivity contribution in [2.45, 2.75) is 18.7 Å². The number of aliphatic hydroxyl groups excluding tert-OH is 1. The lowest BCUT2D eigenvalue weighted by Gasteiger charge is -2.09. The van der Waals surface area contributed by atoms with Crippen LogP contribution in [0.4, 0.5) is 13.2 Å². The highest BCUT2D eigenvalue weighted by Gasteiger charge is 2.30. The Morgan fingerprint density at radius 1 is 1.44 bits per heavy atom. The maximum absolute atomic E-state index is 12.1. The lowest BCUT2D eigenvalue weighted by Crippen LogP contribution is -2.09. The van der Waals surface area contributed by atoms with Crippen LogP contribution in [0, 0.1) is 0 Å². The quantitative estimate of drug-likeness (QED) is 0.834. The van der Waals surface area contributed by atoms with Crippen LogP contribution in [0.2, 0.25) is 0 Å². The summed E-state index contributed by atoms with van der Waals surface area (Å²) in [7, 11) is 0. The highest BCUT2D eigenvalue weighted by Crippen LogP contribution is 2.29. The topological polar surface area (TPSA) is 70.4 Å². The van der Waals surface area contributed by atoms with E-state index in [-0.39, 0.29) is 5.69 Å². The Morgan fingerprint density at radius 3 is 2.44 bits per heavy atom. The summed E-state index contributed by atoms with van der Waals surface area (Å²) in [4.78, 5) is 13.6. The number of hydrogen-bond donors (Lipinski definition) is 2.